The van der Waals surface area contributed by atoms with Crippen LogP contribution in [0.2, 0.25) is 0 Å². The third-order valence-corrected chi connectivity index (χ3v) is 6.32. The lowest BCUT2D eigenvalue weighted by atomic mass is 10.1. The van der Waals surface area contributed by atoms with E-state index in [1.807, 2.05) is 6.07 Å². The van der Waals surface area contributed by atoms with Crippen molar-refractivity contribution in [3.63, 3.8) is 0 Å². The lowest BCUT2D eigenvalue weighted by Crippen LogP contribution is -2.01. The van der Waals surface area contributed by atoms with Gasteiger partial charge in [0.2, 0.25) is 0 Å². The number of rotatable bonds is 5. The minimum Gasteiger partial charge on any atom is -0.259 e. The van der Waals surface area contributed by atoms with E-state index < -0.39 is 10.8 Å². The van der Waals surface area contributed by atoms with Gasteiger partial charge >= 0.3 is 0 Å². The monoisotopic (exact) mass is 319 g/mol. The average Bonchev–Trinajstić information content (AvgIpc) is 3.08. The predicted molar refractivity (Wildman–Crippen MR) is 90.1 cm³/mol. The van der Waals surface area contributed by atoms with E-state index in [9.17, 15) is 4.21 Å². The second kappa shape index (κ2) is 6.84. The Bertz CT molecular complexity index is 629. The maximum atomic E-state index is 12.3. The van der Waals surface area contributed by atoms with Crippen LogP contribution in [-0.2, 0) is 22.3 Å². The highest BCUT2D eigenvalue weighted by Crippen LogP contribution is 2.35. The maximum absolute atomic E-state index is 12.3. The molecular weight excluding hydrogens is 298 g/mol. The van der Waals surface area contributed by atoms with E-state index in [1.165, 1.54) is 36.3 Å². The van der Waals surface area contributed by atoms with Gasteiger partial charge in [0.1, 0.15) is 0 Å². The molecule has 1 aliphatic rings. The third-order valence-electron chi connectivity index (χ3n) is 3.99. The molecule has 1 heterocycles. The molecule has 1 fully saturated rings. The van der Waals surface area contributed by atoms with Gasteiger partial charge < -0.3 is 0 Å². The number of thiazole rings is 1. The zero-order chi connectivity index (χ0) is 14.7. The largest absolute Gasteiger partial charge is 0.259 e. The first-order valence-corrected chi connectivity index (χ1v) is 9.92. The van der Waals surface area contributed by atoms with Gasteiger partial charge in [-0.3, -0.25) is 4.21 Å². The second-order valence-corrected chi connectivity index (χ2v) is 8.22. The van der Waals surface area contributed by atoms with E-state index in [-0.39, 0.29) is 0 Å². The third kappa shape index (κ3) is 4.01. The molecule has 0 N–H and O–H groups in total. The van der Waals surface area contributed by atoms with E-state index in [4.69, 9.17) is 4.98 Å². The van der Waals surface area contributed by atoms with Crippen molar-refractivity contribution in [2.45, 2.75) is 50.0 Å². The Morgan fingerprint density at radius 3 is 2.86 bits per heavy atom. The number of nitrogens with zero attached hydrogens (tertiary/aromatic N) is 1. The van der Waals surface area contributed by atoms with Crippen LogP contribution >= 0.6 is 11.3 Å². The summed E-state index contributed by atoms with van der Waals surface area (Å²) in [6.07, 6.45) is 5.22. The number of hydrogen-bond donors (Lipinski definition) is 0. The minimum atomic E-state index is -0.874. The first kappa shape index (κ1) is 14.9. The first-order valence-electron chi connectivity index (χ1n) is 7.55. The first-order chi connectivity index (χ1) is 10.2. The second-order valence-electron chi connectivity index (χ2n) is 5.88. The molecule has 0 saturated heterocycles. The SMILES string of the molecule is Cc1cccc(C[S@@](=O)Cc2csc(C3CCCC3)n2)c1. The molecule has 3 rings (SSSR count). The van der Waals surface area contributed by atoms with Crippen molar-refractivity contribution in [2.24, 2.45) is 0 Å². The van der Waals surface area contributed by atoms with Crippen LogP contribution < -0.4 is 0 Å². The van der Waals surface area contributed by atoms with Crippen LogP contribution in [0.5, 0.6) is 0 Å². The number of hydrogen-bond acceptors (Lipinski definition) is 3. The molecule has 21 heavy (non-hydrogen) atoms. The van der Waals surface area contributed by atoms with E-state index in [0.717, 1.165) is 11.3 Å². The molecule has 4 heteroatoms. The Morgan fingerprint density at radius 1 is 1.29 bits per heavy atom. The van der Waals surface area contributed by atoms with Crippen molar-refractivity contribution in [3.05, 3.63) is 51.5 Å². The molecule has 0 spiro atoms. The van der Waals surface area contributed by atoms with E-state index in [2.05, 4.69) is 30.5 Å². The summed E-state index contributed by atoms with van der Waals surface area (Å²) in [5.74, 6) is 1.86. The fourth-order valence-corrected chi connectivity index (χ4v) is 5.18. The molecule has 0 unspecified atom stereocenters. The standard InChI is InChI=1S/C17H21NOS2/c1-13-5-4-6-14(9-13)11-21(19)12-16-10-20-17(18-16)15-7-2-3-8-15/h4-6,9-10,15H,2-3,7-8,11-12H2,1H3/t21-/m1/s1. The lowest BCUT2D eigenvalue weighted by molar-refractivity contribution is 0.681. The van der Waals surface area contributed by atoms with Crippen molar-refractivity contribution in [2.75, 3.05) is 0 Å². The molecule has 1 aromatic carbocycles. The molecule has 2 aromatic rings. The molecule has 2 nitrogen and oxygen atoms in total. The highest BCUT2D eigenvalue weighted by atomic mass is 32.2. The molecule has 0 bridgehead atoms. The fourth-order valence-electron chi connectivity index (χ4n) is 2.95. The summed E-state index contributed by atoms with van der Waals surface area (Å²) >= 11 is 1.75. The summed E-state index contributed by atoms with van der Waals surface area (Å²) in [5, 5.41) is 3.36. The normalized spacial score (nSPS) is 17.2. The van der Waals surface area contributed by atoms with Crippen LogP contribution in [0.4, 0.5) is 0 Å². The number of aryl methyl sites for hydroxylation is 1. The van der Waals surface area contributed by atoms with Crippen LogP contribution in [0.3, 0.4) is 0 Å². The zero-order valence-electron chi connectivity index (χ0n) is 12.4. The van der Waals surface area contributed by atoms with Crippen molar-refractivity contribution >= 4 is 22.1 Å². The van der Waals surface area contributed by atoms with Gasteiger partial charge in [-0.15, -0.1) is 11.3 Å². The van der Waals surface area contributed by atoms with Gasteiger partial charge in [0, 0.05) is 27.9 Å². The van der Waals surface area contributed by atoms with Gasteiger partial charge in [-0.25, -0.2) is 4.98 Å². The smallest absolute Gasteiger partial charge is 0.0959 e. The zero-order valence-corrected chi connectivity index (χ0v) is 14.0. The van der Waals surface area contributed by atoms with Crippen molar-refractivity contribution in [3.8, 4) is 0 Å². The predicted octanol–water partition coefficient (Wildman–Crippen LogP) is 4.56. The Labute approximate surface area is 133 Å². The lowest BCUT2D eigenvalue weighted by Gasteiger charge is -2.04. The molecule has 1 aliphatic carbocycles. The molecule has 0 aliphatic heterocycles. The number of benzene rings is 1. The van der Waals surface area contributed by atoms with E-state index >= 15 is 0 Å². The number of aromatic nitrogens is 1. The molecule has 1 atom stereocenters. The molecule has 0 radical (unpaired) electrons. The molecule has 0 amide bonds. The summed E-state index contributed by atoms with van der Waals surface area (Å²) < 4.78 is 12.3. The maximum Gasteiger partial charge on any atom is 0.0959 e. The van der Waals surface area contributed by atoms with E-state index in [0.29, 0.717) is 17.4 Å². The summed E-state index contributed by atoms with van der Waals surface area (Å²) in [5.41, 5.74) is 3.38. The van der Waals surface area contributed by atoms with Gasteiger partial charge in [0.25, 0.3) is 0 Å². The summed E-state index contributed by atoms with van der Waals surface area (Å²) in [4.78, 5) is 4.72. The fraction of sp³-hybridized carbons (Fsp3) is 0.471. The van der Waals surface area contributed by atoms with Crippen LogP contribution in [0.25, 0.3) is 0 Å². The Balaban J connectivity index is 1.59. The van der Waals surface area contributed by atoms with Crippen LogP contribution in [0.1, 0.15) is 53.4 Å². The van der Waals surface area contributed by atoms with Crippen molar-refractivity contribution in [1.29, 1.82) is 0 Å². The average molecular weight is 319 g/mol. The van der Waals surface area contributed by atoms with Gasteiger partial charge in [-0.05, 0) is 25.3 Å². The van der Waals surface area contributed by atoms with Crippen LogP contribution in [-0.4, -0.2) is 9.19 Å². The Morgan fingerprint density at radius 2 is 2.10 bits per heavy atom. The summed E-state index contributed by atoms with van der Waals surface area (Å²) in [6.45, 7) is 2.07. The Kier molecular flexibility index (Phi) is 4.86. The summed E-state index contributed by atoms with van der Waals surface area (Å²) in [7, 11) is -0.874. The van der Waals surface area contributed by atoms with Gasteiger partial charge in [0.15, 0.2) is 0 Å². The molecule has 1 aromatic heterocycles. The quantitative estimate of drug-likeness (QED) is 0.809. The minimum absolute atomic E-state index is 0.581. The molecular formula is C17H21NOS2. The summed E-state index contributed by atoms with van der Waals surface area (Å²) in [6, 6.07) is 8.27. The van der Waals surface area contributed by atoms with Crippen LogP contribution in [0, 0.1) is 6.92 Å². The molecule has 112 valence electrons. The van der Waals surface area contributed by atoms with Gasteiger partial charge in [0.05, 0.1) is 16.5 Å². The highest BCUT2D eigenvalue weighted by Gasteiger charge is 2.20. The highest BCUT2D eigenvalue weighted by molar-refractivity contribution is 7.83. The van der Waals surface area contributed by atoms with Crippen LogP contribution in [0.15, 0.2) is 29.6 Å². The topological polar surface area (TPSA) is 30.0 Å². The van der Waals surface area contributed by atoms with Gasteiger partial charge in [-0.1, -0.05) is 42.7 Å². The molecule has 1 saturated carbocycles. The Hall–Kier alpha value is -1.00. The van der Waals surface area contributed by atoms with Gasteiger partial charge in [-0.2, -0.15) is 0 Å². The van der Waals surface area contributed by atoms with Crippen molar-refractivity contribution in [1.82, 2.24) is 4.98 Å². The van der Waals surface area contributed by atoms with E-state index in [1.54, 1.807) is 11.3 Å². The van der Waals surface area contributed by atoms with Crippen molar-refractivity contribution < 1.29 is 4.21 Å².